The quantitative estimate of drug-likeness (QED) is 0.853. The van der Waals surface area contributed by atoms with Gasteiger partial charge in [-0.15, -0.1) is 11.8 Å². The number of amides is 1. The van der Waals surface area contributed by atoms with Gasteiger partial charge in [-0.2, -0.15) is 0 Å². The molecule has 4 aliphatic carbocycles. The smallest absolute Gasteiger partial charge is 0.237 e. The maximum atomic E-state index is 13.2. The first-order chi connectivity index (χ1) is 11.0. The predicted octanol–water partition coefficient (Wildman–Crippen LogP) is 4.85. The van der Waals surface area contributed by atoms with Gasteiger partial charge in [-0.25, -0.2) is 4.39 Å². The van der Waals surface area contributed by atoms with Crippen LogP contribution >= 0.6 is 11.8 Å². The number of anilines is 1. The number of thioether (sulfide) groups is 1. The summed E-state index contributed by atoms with van der Waals surface area (Å²) in [4.78, 5) is 12.5. The minimum absolute atomic E-state index is 0.00338. The Bertz CT molecular complexity index is 582. The zero-order valence-corrected chi connectivity index (χ0v) is 14.4. The first-order valence-electron chi connectivity index (χ1n) is 8.76. The lowest BCUT2D eigenvalue weighted by atomic mass is 9.56. The Morgan fingerprint density at radius 2 is 1.83 bits per heavy atom. The highest BCUT2D eigenvalue weighted by molar-refractivity contribution is 8.01. The maximum absolute atomic E-state index is 13.2. The summed E-state index contributed by atoms with van der Waals surface area (Å²) in [5, 5.41) is 2.78. The zero-order chi connectivity index (χ0) is 16.0. The monoisotopic (exact) mass is 333 g/mol. The maximum Gasteiger partial charge on any atom is 0.237 e. The van der Waals surface area contributed by atoms with E-state index < -0.39 is 0 Å². The van der Waals surface area contributed by atoms with Gasteiger partial charge in [0.05, 0.1) is 5.25 Å². The third kappa shape index (κ3) is 3.15. The van der Waals surface area contributed by atoms with E-state index in [1.807, 2.05) is 18.7 Å². The summed E-state index contributed by atoms with van der Waals surface area (Å²) >= 11 is 1.88. The minimum atomic E-state index is -0.316. The molecule has 0 saturated heterocycles. The van der Waals surface area contributed by atoms with Crippen molar-refractivity contribution in [3.63, 3.8) is 0 Å². The van der Waals surface area contributed by atoms with Crippen LogP contribution in [-0.4, -0.2) is 15.9 Å². The Labute approximate surface area is 141 Å². The first kappa shape index (κ1) is 15.5. The van der Waals surface area contributed by atoms with Crippen LogP contribution in [0.2, 0.25) is 0 Å². The van der Waals surface area contributed by atoms with E-state index in [9.17, 15) is 9.18 Å². The molecule has 23 heavy (non-hydrogen) atoms. The molecule has 1 aromatic rings. The molecule has 1 aromatic carbocycles. The van der Waals surface area contributed by atoms with E-state index >= 15 is 0 Å². The second kappa shape index (κ2) is 5.80. The second-order valence-corrected chi connectivity index (χ2v) is 9.67. The summed E-state index contributed by atoms with van der Waals surface area (Å²) in [5.74, 6) is 2.37. The first-order valence-corrected chi connectivity index (χ1v) is 9.63. The molecule has 1 N–H and O–H groups in total. The van der Waals surface area contributed by atoms with Crippen LogP contribution < -0.4 is 5.32 Å². The molecule has 4 heteroatoms. The van der Waals surface area contributed by atoms with E-state index in [2.05, 4.69) is 5.32 Å². The van der Waals surface area contributed by atoms with Crippen LogP contribution in [0.1, 0.15) is 45.4 Å². The van der Waals surface area contributed by atoms with Crippen LogP contribution in [0.15, 0.2) is 24.3 Å². The lowest BCUT2D eigenvalue weighted by Crippen LogP contribution is -2.49. The predicted molar refractivity (Wildman–Crippen MR) is 93.0 cm³/mol. The normalized spacial score (nSPS) is 36.0. The van der Waals surface area contributed by atoms with Crippen molar-refractivity contribution in [3.8, 4) is 0 Å². The summed E-state index contributed by atoms with van der Waals surface area (Å²) in [6.07, 6.45) is 8.14. The van der Waals surface area contributed by atoms with E-state index in [4.69, 9.17) is 0 Å². The van der Waals surface area contributed by atoms with Gasteiger partial charge in [0.1, 0.15) is 5.82 Å². The standard InChI is InChI=1S/C19H24FNOS/c1-12(18(22)21-17-4-2-3-16(20)8-17)23-19-9-13-5-14(10-19)7-15(6-13)11-19/h2-4,8,12-15H,5-7,9-11H2,1H3,(H,21,22). The molecule has 0 aromatic heterocycles. The topological polar surface area (TPSA) is 29.1 Å². The fraction of sp³-hybridized carbons (Fsp3) is 0.632. The molecule has 4 aliphatic rings. The van der Waals surface area contributed by atoms with Gasteiger partial charge in [0, 0.05) is 10.4 Å². The van der Waals surface area contributed by atoms with Gasteiger partial charge in [-0.1, -0.05) is 6.07 Å². The lowest BCUT2D eigenvalue weighted by molar-refractivity contribution is -0.115. The van der Waals surface area contributed by atoms with Crippen molar-refractivity contribution in [2.24, 2.45) is 17.8 Å². The minimum Gasteiger partial charge on any atom is -0.325 e. The Kier molecular flexibility index (Phi) is 3.91. The summed E-state index contributed by atoms with van der Waals surface area (Å²) in [6.45, 7) is 2.00. The molecule has 4 bridgehead atoms. The number of hydrogen-bond acceptors (Lipinski definition) is 2. The summed E-state index contributed by atoms with van der Waals surface area (Å²) in [5.41, 5.74) is 0.549. The Hall–Kier alpha value is -1.03. The molecule has 2 nitrogen and oxygen atoms in total. The summed E-state index contributed by atoms with van der Waals surface area (Å²) < 4.78 is 13.6. The molecule has 4 saturated carbocycles. The molecular formula is C19H24FNOS. The van der Waals surface area contributed by atoms with E-state index in [0.29, 0.717) is 10.4 Å². The fourth-order valence-corrected chi connectivity index (χ4v) is 7.33. The van der Waals surface area contributed by atoms with E-state index in [0.717, 1.165) is 17.8 Å². The number of nitrogens with one attached hydrogen (secondary N) is 1. The van der Waals surface area contributed by atoms with Crippen molar-refractivity contribution in [3.05, 3.63) is 30.1 Å². The second-order valence-electron chi connectivity index (χ2n) is 7.86. The largest absolute Gasteiger partial charge is 0.325 e. The van der Waals surface area contributed by atoms with Gasteiger partial charge >= 0.3 is 0 Å². The molecule has 0 radical (unpaired) electrons. The van der Waals surface area contributed by atoms with Crippen molar-refractivity contribution in [1.29, 1.82) is 0 Å². The lowest BCUT2D eigenvalue weighted by Gasteiger charge is -2.57. The van der Waals surface area contributed by atoms with Crippen LogP contribution in [-0.2, 0) is 4.79 Å². The molecule has 0 aliphatic heterocycles. The molecule has 1 amide bonds. The number of rotatable bonds is 4. The van der Waals surface area contributed by atoms with E-state index in [1.165, 1.54) is 50.7 Å². The fourth-order valence-electron chi connectivity index (χ4n) is 5.41. The molecule has 0 spiro atoms. The Morgan fingerprint density at radius 1 is 1.22 bits per heavy atom. The molecule has 4 fully saturated rings. The van der Waals surface area contributed by atoms with Crippen LogP contribution in [0.4, 0.5) is 10.1 Å². The molecule has 0 heterocycles. The van der Waals surface area contributed by atoms with Gasteiger partial charge in [0.15, 0.2) is 0 Å². The van der Waals surface area contributed by atoms with Crippen LogP contribution in [0.5, 0.6) is 0 Å². The summed E-state index contributed by atoms with van der Waals surface area (Å²) in [7, 11) is 0. The van der Waals surface area contributed by atoms with Crippen molar-refractivity contribution < 1.29 is 9.18 Å². The number of hydrogen-bond donors (Lipinski definition) is 1. The van der Waals surface area contributed by atoms with E-state index in [-0.39, 0.29) is 17.0 Å². The third-order valence-corrected chi connectivity index (χ3v) is 7.44. The Balaban J connectivity index is 1.41. The summed E-state index contributed by atoms with van der Waals surface area (Å²) in [6, 6.07) is 6.13. The van der Waals surface area contributed by atoms with Crippen LogP contribution in [0.25, 0.3) is 0 Å². The third-order valence-electron chi connectivity index (χ3n) is 5.87. The van der Waals surface area contributed by atoms with Crippen molar-refractivity contribution >= 4 is 23.4 Å². The number of halogens is 1. The SMILES string of the molecule is CC(SC12CC3CC(CC(C3)C1)C2)C(=O)Nc1cccc(F)c1. The van der Waals surface area contributed by atoms with E-state index in [1.54, 1.807) is 12.1 Å². The van der Waals surface area contributed by atoms with Gasteiger partial charge in [-0.05, 0) is 81.4 Å². The van der Waals surface area contributed by atoms with Gasteiger partial charge in [0.2, 0.25) is 5.91 Å². The highest BCUT2D eigenvalue weighted by atomic mass is 32.2. The molecule has 1 atom stereocenters. The van der Waals surface area contributed by atoms with Crippen molar-refractivity contribution in [1.82, 2.24) is 0 Å². The highest BCUT2D eigenvalue weighted by Crippen LogP contribution is 2.61. The molecule has 5 rings (SSSR count). The van der Waals surface area contributed by atoms with Gasteiger partial charge in [0.25, 0.3) is 0 Å². The zero-order valence-electron chi connectivity index (χ0n) is 13.6. The Morgan fingerprint density at radius 3 is 2.39 bits per heavy atom. The van der Waals surface area contributed by atoms with Crippen LogP contribution in [0.3, 0.4) is 0 Å². The number of carbonyl (C=O) groups excluding carboxylic acids is 1. The van der Waals surface area contributed by atoms with Crippen molar-refractivity contribution in [2.45, 2.75) is 55.4 Å². The highest BCUT2D eigenvalue weighted by Gasteiger charge is 2.52. The van der Waals surface area contributed by atoms with Gasteiger partial charge < -0.3 is 5.32 Å². The van der Waals surface area contributed by atoms with Gasteiger partial charge in [-0.3, -0.25) is 4.79 Å². The van der Waals surface area contributed by atoms with Crippen LogP contribution in [0, 0.1) is 23.6 Å². The number of carbonyl (C=O) groups is 1. The molecule has 1 unspecified atom stereocenters. The average molecular weight is 333 g/mol. The van der Waals surface area contributed by atoms with Crippen molar-refractivity contribution in [2.75, 3.05) is 5.32 Å². The number of benzene rings is 1. The molecule has 124 valence electrons. The molecular weight excluding hydrogens is 309 g/mol. The average Bonchev–Trinajstić information content (AvgIpc) is 2.45.